The number of hydrogen-bond donors (Lipinski definition) is 1. The molecule has 1 amide bonds. The number of fused-ring (bicyclic) bond motifs is 1. The van der Waals surface area contributed by atoms with Crippen molar-refractivity contribution in [1.29, 1.82) is 0 Å². The van der Waals surface area contributed by atoms with E-state index >= 15 is 0 Å². The minimum absolute atomic E-state index is 0. The van der Waals surface area contributed by atoms with Crippen molar-refractivity contribution in [1.82, 2.24) is 0 Å². The monoisotopic (exact) mass is 254 g/mol. The lowest BCUT2D eigenvalue weighted by molar-refractivity contribution is -0.119. The highest BCUT2D eigenvalue weighted by Crippen LogP contribution is 2.26. The summed E-state index contributed by atoms with van der Waals surface area (Å²) in [5.74, 6) is 0.0225. The molecule has 1 aromatic rings. The normalized spacial score (nSPS) is 16.5. The predicted molar refractivity (Wildman–Crippen MR) is 72.6 cm³/mol. The number of para-hydroxylation sites is 1. The van der Waals surface area contributed by atoms with Crippen molar-refractivity contribution in [3.8, 4) is 0 Å². The molecule has 0 aromatic heterocycles. The Kier molecular flexibility index (Phi) is 4.97. The number of anilines is 1. The Morgan fingerprint density at radius 3 is 2.76 bits per heavy atom. The van der Waals surface area contributed by atoms with E-state index in [1.807, 2.05) is 23.1 Å². The van der Waals surface area contributed by atoms with Crippen LogP contribution in [0.25, 0.3) is 0 Å². The van der Waals surface area contributed by atoms with Gasteiger partial charge < -0.3 is 10.6 Å². The van der Waals surface area contributed by atoms with Crippen LogP contribution < -0.4 is 10.6 Å². The highest BCUT2D eigenvalue weighted by Gasteiger charge is 2.22. The van der Waals surface area contributed by atoms with Crippen LogP contribution >= 0.6 is 12.4 Å². The summed E-state index contributed by atoms with van der Waals surface area (Å²) in [5.41, 5.74) is 7.99. The first-order valence-electron chi connectivity index (χ1n) is 5.85. The molecular formula is C13H19ClN2O. The predicted octanol–water partition coefficient (Wildman–Crippen LogP) is 2.12. The summed E-state index contributed by atoms with van der Waals surface area (Å²) in [7, 11) is 0. The second-order valence-electron chi connectivity index (χ2n) is 4.36. The number of carbonyl (C=O) groups is 1. The van der Waals surface area contributed by atoms with Gasteiger partial charge in [-0.25, -0.2) is 0 Å². The molecule has 0 unspecified atom stereocenters. The van der Waals surface area contributed by atoms with Crippen LogP contribution in [-0.4, -0.2) is 18.5 Å². The van der Waals surface area contributed by atoms with E-state index in [9.17, 15) is 4.79 Å². The van der Waals surface area contributed by atoms with Crippen LogP contribution in [0.15, 0.2) is 24.3 Å². The lowest BCUT2D eigenvalue weighted by Gasteiger charge is -2.24. The van der Waals surface area contributed by atoms with E-state index < -0.39 is 6.04 Å². The molecule has 1 aromatic carbocycles. The van der Waals surface area contributed by atoms with E-state index in [-0.39, 0.29) is 18.3 Å². The molecule has 0 aliphatic carbocycles. The Balaban J connectivity index is 0.00000144. The third kappa shape index (κ3) is 2.99. The Labute approximate surface area is 108 Å². The van der Waals surface area contributed by atoms with Crippen LogP contribution in [-0.2, 0) is 11.2 Å². The van der Waals surface area contributed by atoms with E-state index in [4.69, 9.17) is 5.73 Å². The van der Waals surface area contributed by atoms with Gasteiger partial charge in [-0.3, -0.25) is 4.79 Å². The van der Waals surface area contributed by atoms with E-state index in [2.05, 4.69) is 6.07 Å². The van der Waals surface area contributed by atoms with Crippen LogP contribution in [0, 0.1) is 0 Å². The molecule has 4 heteroatoms. The van der Waals surface area contributed by atoms with Gasteiger partial charge in [0.25, 0.3) is 0 Å². The van der Waals surface area contributed by atoms with Crippen LogP contribution in [0.1, 0.15) is 25.3 Å². The van der Waals surface area contributed by atoms with Crippen LogP contribution in [0.4, 0.5) is 5.69 Å². The maximum Gasteiger partial charge on any atom is 0.243 e. The molecule has 0 fully saturated rings. The first-order chi connectivity index (χ1) is 7.70. The summed E-state index contributed by atoms with van der Waals surface area (Å²) >= 11 is 0. The van der Waals surface area contributed by atoms with Crippen LogP contribution in [0.2, 0.25) is 0 Å². The maximum atomic E-state index is 12.0. The molecule has 1 atom stereocenters. The standard InChI is InChI=1S/C13H18N2O.ClH/c1-10(14)13(16)15-9-5-4-7-11-6-2-3-8-12(11)15;/h2-3,6,8,10H,4-5,7,9,14H2,1H3;1H/t10-;/m1./s1. The number of aryl methyl sites for hydroxylation is 1. The van der Waals surface area contributed by atoms with Crippen molar-refractivity contribution in [2.45, 2.75) is 32.2 Å². The SMILES string of the molecule is C[C@@H](N)C(=O)N1CCCCc2ccccc21.Cl. The number of nitrogens with two attached hydrogens (primary N) is 1. The molecule has 1 heterocycles. The Hall–Kier alpha value is -1.06. The van der Waals surface area contributed by atoms with Gasteiger partial charge >= 0.3 is 0 Å². The summed E-state index contributed by atoms with van der Waals surface area (Å²) in [4.78, 5) is 13.9. The summed E-state index contributed by atoms with van der Waals surface area (Å²) in [6.45, 7) is 2.53. The fraction of sp³-hybridized carbons (Fsp3) is 0.462. The minimum atomic E-state index is -0.425. The minimum Gasteiger partial charge on any atom is -0.320 e. The van der Waals surface area contributed by atoms with Crippen molar-refractivity contribution in [3.63, 3.8) is 0 Å². The molecule has 1 aliphatic rings. The molecule has 2 rings (SSSR count). The van der Waals surface area contributed by atoms with Crippen molar-refractivity contribution >= 4 is 24.0 Å². The Morgan fingerprint density at radius 2 is 2.06 bits per heavy atom. The van der Waals surface area contributed by atoms with Crippen molar-refractivity contribution in [3.05, 3.63) is 29.8 Å². The van der Waals surface area contributed by atoms with Crippen molar-refractivity contribution in [2.75, 3.05) is 11.4 Å². The zero-order valence-corrected chi connectivity index (χ0v) is 10.9. The highest BCUT2D eigenvalue weighted by atomic mass is 35.5. The molecule has 0 saturated heterocycles. The van der Waals surface area contributed by atoms with Gasteiger partial charge in [0.2, 0.25) is 5.91 Å². The quantitative estimate of drug-likeness (QED) is 0.835. The molecule has 2 N–H and O–H groups in total. The van der Waals surface area contributed by atoms with Gasteiger partial charge in [0.1, 0.15) is 0 Å². The van der Waals surface area contributed by atoms with E-state index in [0.29, 0.717) is 0 Å². The number of amides is 1. The van der Waals surface area contributed by atoms with Crippen LogP contribution in [0.3, 0.4) is 0 Å². The first kappa shape index (κ1) is 14.0. The summed E-state index contributed by atoms with van der Waals surface area (Å²) < 4.78 is 0. The number of hydrogen-bond acceptors (Lipinski definition) is 2. The second kappa shape index (κ2) is 6.03. The maximum absolute atomic E-state index is 12.0. The zero-order valence-electron chi connectivity index (χ0n) is 10.1. The summed E-state index contributed by atoms with van der Waals surface area (Å²) in [5, 5.41) is 0. The largest absolute Gasteiger partial charge is 0.320 e. The number of halogens is 1. The molecule has 0 saturated carbocycles. The van der Waals surface area contributed by atoms with Crippen molar-refractivity contribution < 1.29 is 4.79 Å². The molecule has 17 heavy (non-hydrogen) atoms. The van der Waals surface area contributed by atoms with E-state index in [1.54, 1.807) is 6.92 Å². The van der Waals surface area contributed by atoms with Gasteiger partial charge in [-0.1, -0.05) is 18.2 Å². The van der Waals surface area contributed by atoms with Gasteiger partial charge in [0.05, 0.1) is 6.04 Å². The Bertz CT molecular complexity index is 393. The smallest absolute Gasteiger partial charge is 0.243 e. The third-order valence-corrected chi connectivity index (χ3v) is 3.02. The lowest BCUT2D eigenvalue weighted by Crippen LogP contribution is -2.42. The van der Waals surface area contributed by atoms with Gasteiger partial charge in [-0.05, 0) is 37.8 Å². The summed E-state index contributed by atoms with van der Waals surface area (Å²) in [6, 6.07) is 7.69. The Morgan fingerprint density at radius 1 is 1.35 bits per heavy atom. The number of carbonyl (C=O) groups excluding carboxylic acids is 1. The molecule has 1 aliphatic heterocycles. The molecule has 0 bridgehead atoms. The lowest BCUT2D eigenvalue weighted by atomic mass is 10.1. The molecule has 0 radical (unpaired) electrons. The second-order valence-corrected chi connectivity index (χ2v) is 4.36. The molecular weight excluding hydrogens is 236 g/mol. The van der Waals surface area contributed by atoms with Crippen LogP contribution in [0.5, 0.6) is 0 Å². The number of rotatable bonds is 1. The van der Waals surface area contributed by atoms with E-state index in [0.717, 1.165) is 31.5 Å². The van der Waals surface area contributed by atoms with Crippen molar-refractivity contribution in [2.24, 2.45) is 5.73 Å². The molecule has 0 spiro atoms. The zero-order chi connectivity index (χ0) is 11.5. The topological polar surface area (TPSA) is 46.3 Å². The van der Waals surface area contributed by atoms with Gasteiger partial charge in [0, 0.05) is 12.2 Å². The number of nitrogens with zero attached hydrogens (tertiary/aromatic N) is 1. The van der Waals surface area contributed by atoms with Gasteiger partial charge in [-0.2, -0.15) is 0 Å². The fourth-order valence-corrected chi connectivity index (χ4v) is 2.17. The fourth-order valence-electron chi connectivity index (χ4n) is 2.17. The third-order valence-electron chi connectivity index (χ3n) is 3.02. The van der Waals surface area contributed by atoms with E-state index in [1.165, 1.54) is 5.56 Å². The average molecular weight is 255 g/mol. The van der Waals surface area contributed by atoms with Gasteiger partial charge in [-0.15, -0.1) is 12.4 Å². The molecule has 3 nitrogen and oxygen atoms in total. The first-order valence-corrected chi connectivity index (χ1v) is 5.85. The summed E-state index contributed by atoms with van der Waals surface area (Å²) in [6.07, 6.45) is 3.24. The average Bonchev–Trinajstić information content (AvgIpc) is 2.50. The highest BCUT2D eigenvalue weighted by molar-refractivity contribution is 5.97. The number of benzene rings is 1. The van der Waals surface area contributed by atoms with Gasteiger partial charge in [0.15, 0.2) is 0 Å². The molecule has 94 valence electrons.